The Morgan fingerprint density at radius 3 is 2.50 bits per heavy atom. The van der Waals surface area contributed by atoms with Gasteiger partial charge in [-0.2, -0.15) is 5.10 Å². The molecule has 6 heteroatoms. The van der Waals surface area contributed by atoms with Crippen LogP contribution in [0.1, 0.15) is 21.5 Å². The smallest absolute Gasteiger partial charge is 0.255 e. The van der Waals surface area contributed by atoms with Crippen LogP contribution < -0.4 is 14.8 Å². The molecule has 0 radical (unpaired) electrons. The molecule has 6 nitrogen and oxygen atoms in total. The number of aromatic nitrogens is 2. The lowest BCUT2D eigenvalue weighted by Crippen LogP contribution is -2.23. The molecule has 0 atom stereocenters. The van der Waals surface area contributed by atoms with Crippen LogP contribution in [0.2, 0.25) is 0 Å². The Bertz CT molecular complexity index is 859. The molecule has 3 rings (SSSR count). The molecular weight excluding hydrogens is 330 g/mol. The number of hydrogen-bond acceptors (Lipinski definition) is 4. The average Bonchev–Trinajstić information content (AvgIpc) is 3.19. The van der Waals surface area contributed by atoms with E-state index >= 15 is 0 Å². The summed E-state index contributed by atoms with van der Waals surface area (Å²) in [6.07, 6.45) is 3.69. The van der Waals surface area contributed by atoms with Crippen molar-refractivity contribution < 1.29 is 14.3 Å². The van der Waals surface area contributed by atoms with E-state index in [0.717, 1.165) is 17.7 Å². The van der Waals surface area contributed by atoms with Crippen LogP contribution in [0.4, 0.5) is 0 Å². The summed E-state index contributed by atoms with van der Waals surface area (Å²) in [7, 11) is 3.11. The Morgan fingerprint density at radius 1 is 1.08 bits per heavy atom. The number of methoxy groups -OCH3 is 2. The second kappa shape index (κ2) is 8.20. The highest BCUT2D eigenvalue weighted by molar-refractivity contribution is 5.97. The minimum Gasteiger partial charge on any atom is -0.497 e. The zero-order valence-corrected chi connectivity index (χ0v) is 14.8. The SMILES string of the molecule is COc1ccc(C(=O)NCc2ccc(Cn3cccn3)cc2)c(OC)c1. The normalized spacial score (nSPS) is 10.4. The van der Waals surface area contributed by atoms with E-state index in [1.54, 1.807) is 31.5 Å². The van der Waals surface area contributed by atoms with Gasteiger partial charge in [0.25, 0.3) is 5.91 Å². The van der Waals surface area contributed by atoms with Gasteiger partial charge in [0.1, 0.15) is 11.5 Å². The van der Waals surface area contributed by atoms with Crippen molar-refractivity contribution in [2.75, 3.05) is 14.2 Å². The largest absolute Gasteiger partial charge is 0.497 e. The number of hydrogen-bond donors (Lipinski definition) is 1. The third-order valence-corrected chi connectivity index (χ3v) is 4.03. The Morgan fingerprint density at radius 2 is 1.85 bits per heavy atom. The van der Waals surface area contributed by atoms with E-state index in [-0.39, 0.29) is 5.91 Å². The van der Waals surface area contributed by atoms with Crippen molar-refractivity contribution in [1.82, 2.24) is 15.1 Å². The number of rotatable bonds is 7. The molecule has 0 aliphatic carbocycles. The van der Waals surface area contributed by atoms with E-state index in [1.165, 1.54) is 7.11 Å². The molecule has 0 spiro atoms. The zero-order chi connectivity index (χ0) is 18.4. The molecule has 0 unspecified atom stereocenters. The van der Waals surface area contributed by atoms with Crippen LogP contribution in [0, 0.1) is 0 Å². The number of amides is 1. The molecule has 1 amide bonds. The fourth-order valence-corrected chi connectivity index (χ4v) is 2.61. The molecule has 0 aliphatic heterocycles. The van der Waals surface area contributed by atoms with Crippen molar-refractivity contribution in [3.63, 3.8) is 0 Å². The molecule has 134 valence electrons. The van der Waals surface area contributed by atoms with Gasteiger partial charge in [0.2, 0.25) is 0 Å². The Labute approximate surface area is 152 Å². The van der Waals surface area contributed by atoms with E-state index in [9.17, 15) is 4.79 Å². The van der Waals surface area contributed by atoms with E-state index in [2.05, 4.69) is 10.4 Å². The van der Waals surface area contributed by atoms with Gasteiger partial charge >= 0.3 is 0 Å². The lowest BCUT2D eigenvalue weighted by atomic mass is 10.1. The molecule has 26 heavy (non-hydrogen) atoms. The van der Waals surface area contributed by atoms with Crippen molar-refractivity contribution in [2.24, 2.45) is 0 Å². The van der Waals surface area contributed by atoms with Gasteiger partial charge in [-0.1, -0.05) is 24.3 Å². The quantitative estimate of drug-likeness (QED) is 0.711. The lowest BCUT2D eigenvalue weighted by molar-refractivity contribution is 0.0948. The summed E-state index contributed by atoms with van der Waals surface area (Å²) < 4.78 is 12.3. The highest BCUT2D eigenvalue weighted by atomic mass is 16.5. The summed E-state index contributed by atoms with van der Waals surface area (Å²) in [6, 6.07) is 15.1. The van der Waals surface area contributed by atoms with Crippen LogP contribution >= 0.6 is 0 Å². The Hall–Kier alpha value is -3.28. The minimum atomic E-state index is -0.190. The molecule has 3 aromatic rings. The predicted octanol–water partition coefficient (Wildman–Crippen LogP) is 2.88. The first-order valence-electron chi connectivity index (χ1n) is 8.25. The summed E-state index contributed by atoms with van der Waals surface area (Å²) in [5, 5.41) is 7.11. The van der Waals surface area contributed by atoms with E-state index in [0.29, 0.717) is 23.6 Å². The Kier molecular flexibility index (Phi) is 5.53. The fourth-order valence-electron chi connectivity index (χ4n) is 2.61. The van der Waals surface area contributed by atoms with Crippen LogP contribution in [0.15, 0.2) is 60.9 Å². The molecular formula is C20H21N3O3. The molecule has 1 N–H and O–H groups in total. The monoisotopic (exact) mass is 351 g/mol. The third-order valence-electron chi connectivity index (χ3n) is 4.03. The first kappa shape index (κ1) is 17.5. The van der Waals surface area contributed by atoms with Gasteiger partial charge in [-0.25, -0.2) is 0 Å². The van der Waals surface area contributed by atoms with Crippen molar-refractivity contribution in [2.45, 2.75) is 13.1 Å². The summed E-state index contributed by atoms with van der Waals surface area (Å²) in [4.78, 5) is 12.4. The summed E-state index contributed by atoms with van der Waals surface area (Å²) in [6.45, 7) is 1.17. The van der Waals surface area contributed by atoms with Crippen molar-refractivity contribution in [3.8, 4) is 11.5 Å². The molecule has 1 aromatic heterocycles. The number of ether oxygens (including phenoxy) is 2. The number of carbonyl (C=O) groups is 1. The van der Waals surface area contributed by atoms with Crippen LogP contribution in [0.3, 0.4) is 0 Å². The van der Waals surface area contributed by atoms with Crippen LogP contribution in [0.25, 0.3) is 0 Å². The fraction of sp³-hybridized carbons (Fsp3) is 0.200. The van der Waals surface area contributed by atoms with E-state index in [1.807, 2.05) is 41.2 Å². The number of carbonyl (C=O) groups excluding carboxylic acids is 1. The molecule has 1 heterocycles. The minimum absolute atomic E-state index is 0.190. The maximum absolute atomic E-state index is 12.4. The van der Waals surface area contributed by atoms with Crippen molar-refractivity contribution in [3.05, 3.63) is 77.6 Å². The highest BCUT2D eigenvalue weighted by Gasteiger charge is 2.13. The topological polar surface area (TPSA) is 65.4 Å². The maximum atomic E-state index is 12.4. The van der Waals surface area contributed by atoms with Crippen molar-refractivity contribution >= 4 is 5.91 Å². The molecule has 0 bridgehead atoms. The van der Waals surface area contributed by atoms with Gasteiger partial charge in [0, 0.05) is 25.0 Å². The van der Waals surface area contributed by atoms with Crippen LogP contribution in [-0.4, -0.2) is 29.9 Å². The lowest BCUT2D eigenvalue weighted by Gasteiger charge is -2.11. The van der Waals surface area contributed by atoms with Crippen LogP contribution in [-0.2, 0) is 13.1 Å². The molecule has 0 aliphatic rings. The van der Waals surface area contributed by atoms with Crippen molar-refractivity contribution in [1.29, 1.82) is 0 Å². The second-order valence-electron chi connectivity index (χ2n) is 5.77. The molecule has 0 saturated heterocycles. The van der Waals surface area contributed by atoms with Gasteiger partial charge in [-0.05, 0) is 29.3 Å². The first-order valence-corrected chi connectivity index (χ1v) is 8.25. The van der Waals surface area contributed by atoms with Gasteiger partial charge in [-0.15, -0.1) is 0 Å². The summed E-state index contributed by atoms with van der Waals surface area (Å²) in [5.41, 5.74) is 2.65. The standard InChI is InChI=1S/C20H21N3O3/c1-25-17-8-9-18(19(12-17)26-2)20(24)21-13-15-4-6-16(7-5-15)14-23-11-3-10-22-23/h3-12H,13-14H2,1-2H3,(H,21,24). The molecule has 2 aromatic carbocycles. The molecule has 0 saturated carbocycles. The number of nitrogens with one attached hydrogen (secondary N) is 1. The highest BCUT2D eigenvalue weighted by Crippen LogP contribution is 2.24. The summed E-state index contributed by atoms with van der Waals surface area (Å²) >= 11 is 0. The van der Waals surface area contributed by atoms with Gasteiger partial charge in [-0.3, -0.25) is 9.48 Å². The van der Waals surface area contributed by atoms with Crippen LogP contribution in [0.5, 0.6) is 11.5 Å². The first-order chi connectivity index (χ1) is 12.7. The van der Waals surface area contributed by atoms with Gasteiger partial charge < -0.3 is 14.8 Å². The average molecular weight is 351 g/mol. The second-order valence-corrected chi connectivity index (χ2v) is 5.77. The summed E-state index contributed by atoms with van der Waals surface area (Å²) in [5.74, 6) is 0.938. The van der Waals surface area contributed by atoms with E-state index < -0.39 is 0 Å². The Balaban J connectivity index is 1.61. The maximum Gasteiger partial charge on any atom is 0.255 e. The number of benzene rings is 2. The predicted molar refractivity (Wildman–Crippen MR) is 98.5 cm³/mol. The van der Waals surface area contributed by atoms with Gasteiger partial charge in [0.15, 0.2) is 0 Å². The van der Waals surface area contributed by atoms with Gasteiger partial charge in [0.05, 0.1) is 26.3 Å². The zero-order valence-electron chi connectivity index (χ0n) is 14.8. The van der Waals surface area contributed by atoms with E-state index in [4.69, 9.17) is 9.47 Å². The third kappa shape index (κ3) is 4.22. The molecule has 0 fully saturated rings. The number of nitrogens with zero attached hydrogens (tertiary/aromatic N) is 2.